The molecule has 0 aliphatic heterocycles. The molecule has 1 amide bonds. The second-order valence-electron chi connectivity index (χ2n) is 6.45. The summed E-state index contributed by atoms with van der Waals surface area (Å²) in [5.41, 5.74) is 2.43. The van der Waals surface area contributed by atoms with Crippen molar-refractivity contribution in [2.45, 2.75) is 13.5 Å². The quantitative estimate of drug-likeness (QED) is 0.540. The Hall–Kier alpha value is -3.61. The lowest BCUT2D eigenvalue weighted by atomic mass is 10.1. The second kappa shape index (κ2) is 9.05. The molecule has 0 aliphatic rings. The number of hydrogen-bond acceptors (Lipinski definition) is 6. The van der Waals surface area contributed by atoms with Gasteiger partial charge in [0.05, 0.1) is 14.2 Å². The van der Waals surface area contributed by atoms with Crippen LogP contribution >= 0.6 is 0 Å². The van der Waals surface area contributed by atoms with E-state index in [0.29, 0.717) is 35.3 Å². The van der Waals surface area contributed by atoms with Crippen LogP contribution in [0.2, 0.25) is 0 Å². The zero-order valence-corrected chi connectivity index (χ0v) is 16.7. The summed E-state index contributed by atoms with van der Waals surface area (Å²) in [4.78, 5) is 19.1. The van der Waals surface area contributed by atoms with Gasteiger partial charge in [0, 0.05) is 23.7 Å². The molecular weight excluding hydrogens is 370 g/mol. The van der Waals surface area contributed by atoms with Crippen LogP contribution in [0.4, 0.5) is 0 Å². The van der Waals surface area contributed by atoms with Gasteiger partial charge >= 0.3 is 0 Å². The Morgan fingerprint density at radius 2 is 1.79 bits per heavy atom. The molecule has 0 aliphatic carbocycles. The number of aryl methyl sites for hydroxylation is 1. The fourth-order valence-corrected chi connectivity index (χ4v) is 2.79. The Balaban J connectivity index is 1.82. The van der Waals surface area contributed by atoms with Gasteiger partial charge in [0.25, 0.3) is 5.91 Å². The van der Waals surface area contributed by atoms with E-state index in [1.54, 1.807) is 29.2 Å². The largest absolute Gasteiger partial charge is 0.497 e. The fraction of sp³-hybridized carbons (Fsp3) is 0.227. The number of methoxy groups -OCH3 is 2. The van der Waals surface area contributed by atoms with Gasteiger partial charge in [-0.2, -0.15) is 4.98 Å². The topological polar surface area (TPSA) is 77.7 Å². The van der Waals surface area contributed by atoms with Crippen LogP contribution in [0, 0.1) is 6.92 Å². The highest BCUT2D eigenvalue weighted by atomic mass is 16.5. The first-order valence-corrected chi connectivity index (χ1v) is 9.07. The summed E-state index contributed by atoms with van der Waals surface area (Å²) >= 11 is 0. The number of carbonyl (C=O) groups is 1. The molecule has 0 N–H and O–H groups in total. The maximum absolute atomic E-state index is 13.1. The van der Waals surface area contributed by atoms with Crippen molar-refractivity contribution < 1.29 is 18.8 Å². The predicted octanol–water partition coefficient (Wildman–Crippen LogP) is 3.89. The molecule has 0 spiro atoms. The Morgan fingerprint density at radius 1 is 1.14 bits per heavy atom. The van der Waals surface area contributed by atoms with Crippen molar-refractivity contribution in [2.24, 2.45) is 0 Å². The number of ether oxygens (including phenoxy) is 2. The third kappa shape index (κ3) is 4.82. The van der Waals surface area contributed by atoms with Gasteiger partial charge in [-0.25, -0.2) is 0 Å². The van der Waals surface area contributed by atoms with E-state index in [-0.39, 0.29) is 12.5 Å². The van der Waals surface area contributed by atoms with E-state index < -0.39 is 0 Å². The molecule has 3 rings (SSSR count). The summed E-state index contributed by atoms with van der Waals surface area (Å²) in [7, 11) is 3.07. The standard InChI is InChI=1S/C22H23N3O4/c1-5-10-25(22(26)17-11-18(27-3)13-19(12-17)28-4)14-20-23-21(24-29-20)16-8-6-15(2)7-9-16/h5-9,11-13H,1,10,14H2,2-4H3. The monoisotopic (exact) mass is 393 g/mol. The normalized spacial score (nSPS) is 10.4. The third-order valence-electron chi connectivity index (χ3n) is 4.34. The van der Waals surface area contributed by atoms with E-state index in [1.807, 2.05) is 31.2 Å². The highest BCUT2D eigenvalue weighted by Crippen LogP contribution is 2.24. The first kappa shape index (κ1) is 20.1. The Labute approximate surface area is 169 Å². The molecule has 0 unspecified atom stereocenters. The van der Waals surface area contributed by atoms with Crippen LogP contribution in [0.15, 0.2) is 59.6 Å². The van der Waals surface area contributed by atoms with Crippen LogP contribution in [-0.2, 0) is 6.54 Å². The molecule has 0 saturated heterocycles. The highest BCUT2D eigenvalue weighted by molar-refractivity contribution is 5.95. The average molecular weight is 393 g/mol. The molecule has 1 aromatic heterocycles. The van der Waals surface area contributed by atoms with Gasteiger partial charge in [0.15, 0.2) is 0 Å². The van der Waals surface area contributed by atoms with Crippen molar-refractivity contribution >= 4 is 5.91 Å². The summed E-state index contributed by atoms with van der Waals surface area (Å²) in [5.74, 6) is 1.66. The number of amides is 1. The molecule has 0 bridgehead atoms. The molecule has 0 fully saturated rings. The molecule has 2 aromatic carbocycles. The Bertz CT molecular complexity index is 973. The summed E-state index contributed by atoms with van der Waals surface area (Å²) in [6.45, 7) is 6.22. The zero-order valence-electron chi connectivity index (χ0n) is 16.7. The molecule has 0 radical (unpaired) electrons. The maximum atomic E-state index is 13.1. The van der Waals surface area contributed by atoms with Gasteiger partial charge in [-0.15, -0.1) is 6.58 Å². The van der Waals surface area contributed by atoms with Crippen molar-refractivity contribution in [3.8, 4) is 22.9 Å². The number of hydrogen-bond donors (Lipinski definition) is 0. The summed E-state index contributed by atoms with van der Waals surface area (Å²) < 4.78 is 15.9. The highest BCUT2D eigenvalue weighted by Gasteiger charge is 2.20. The third-order valence-corrected chi connectivity index (χ3v) is 4.34. The van der Waals surface area contributed by atoms with Gasteiger partial charge in [-0.3, -0.25) is 4.79 Å². The lowest BCUT2D eigenvalue weighted by Gasteiger charge is -2.20. The minimum atomic E-state index is -0.225. The van der Waals surface area contributed by atoms with E-state index in [0.717, 1.165) is 11.1 Å². The van der Waals surface area contributed by atoms with Crippen LogP contribution in [0.1, 0.15) is 21.8 Å². The predicted molar refractivity (Wildman–Crippen MR) is 109 cm³/mol. The minimum Gasteiger partial charge on any atom is -0.497 e. The lowest BCUT2D eigenvalue weighted by Crippen LogP contribution is -2.30. The number of benzene rings is 2. The lowest BCUT2D eigenvalue weighted by molar-refractivity contribution is 0.0744. The van der Waals surface area contributed by atoms with E-state index in [9.17, 15) is 4.79 Å². The van der Waals surface area contributed by atoms with Crippen molar-refractivity contribution in [1.82, 2.24) is 15.0 Å². The van der Waals surface area contributed by atoms with E-state index in [4.69, 9.17) is 14.0 Å². The first-order chi connectivity index (χ1) is 14.0. The molecule has 29 heavy (non-hydrogen) atoms. The van der Waals surface area contributed by atoms with Crippen molar-refractivity contribution in [1.29, 1.82) is 0 Å². The van der Waals surface area contributed by atoms with E-state index in [2.05, 4.69) is 16.7 Å². The van der Waals surface area contributed by atoms with Gasteiger partial charge in [0.2, 0.25) is 11.7 Å². The molecule has 7 nitrogen and oxygen atoms in total. The molecule has 3 aromatic rings. The van der Waals surface area contributed by atoms with Crippen LogP contribution in [-0.4, -0.2) is 41.7 Å². The summed E-state index contributed by atoms with van der Waals surface area (Å²) in [6, 6.07) is 12.8. The number of aromatic nitrogens is 2. The van der Waals surface area contributed by atoms with E-state index >= 15 is 0 Å². The Kier molecular flexibility index (Phi) is 6.29. The first-order valence-electron chi connectivity index (χ1n) is 9.07. The van der Waals surface area contributed by atoms with Crippen LogP contribution in [0.25, 0.3) is 11.4 Å². The summed E-state index contributed by atoms with van der Waals surface area (Å²) in [6.07, 6.45) is 1.65. The van der Waals surface area contributed by atoms with E-state index in [1.165, 1.54) is 14.2 Å². The zero-order chi connectivity index (χ0) is 20.8. The van der Waals surface area contributed by atoms with Crippen LogP contribution in [0.5, 0.6) is 11.5 Å². The average Bonchev–Trinajstić information content (AvgIpc) is 3.21. The fourth-order valence-electron chi connectivity index (χ4n) is 2.79. The smallest absolute Gasteiger partial charge is 0.254 e. The molecule has 7 heteroatoms. The van der Waals surface area contributed by atoms with Crippen molar-refractivity contribution in [3.05, 3.63) is 72.1 Å². The van der Waals surface area contributed by atoms with Gasteiger partial charge < -0.3 is 18.9 Å². The number of nitrogens with zero attached hydrogens (tertiary/aromatic N) is 3. The molecule has 0 atom stereocenters. The van der Waals surface area contributed by atoms with Gasteiger partial charge in [-0.05, 0) is 19.1 Å². The SMILES string of the molecule is C=CCN(Cc1nc(-c2ccc(C)cc2)no1)C(=O)c1cc(OC)cc(OC)c1. The van der Waals surface area contributed by atoms with Crippen LogP contribution in [0.3, 0.4) is 0 Å². The molecular formula is C22H23N3O4. The van der Waals surface area contributed by atoms with Crippen molar-refractivity contribution in [2.75, 3.05) is 20.8 Å². The van der Waals surface area contributed by atoms with Gasteiger partial charge in [-0.1, -0.05) is 41.1 Å². The molecule has 150 valence electrons. The molecule has 0 saturated carbocycles. The molecule has 1 heterocycles. The summed E-state index contributed by atoms with van der Waals surface area (Å²) in [5, 5.41) is 4.03. The van der Waals surface area contributed by atoms with Crippen molar-refractivity contribution in [3.63, 3.8) is 0 Å². The minimum absolute atomic E-state index is 0.156. The number of rotatable bonds is 8. The number of carbonyl (C=O) groups excluding carboxylic acids is 1. The second-order valence-corrected chi connectivity index (χ2v) is 6.45. The van der Waals surface area contributed by atoms with Crippen LogP contribution < -0.4 is 9.47 Å². The Morgan fingerprint density at radius 3 is 2.38 bits per heavy atom. The van der Waals surface area contributed by atoms with Gasteiger partial charge in [0.1, 0.15) is 18.0 Å². The maximum Gasteiger partial charge on any atom is 0.254 e.